The minimum absolute atomic E-state index is 0.0774. The third-order valence-electron chi connectivity index (χ3n) is 5.27. The Morgan fingerprint density at radius 1 is 0.939 bits per heavy atom. The molecule has 1 aliphatic carbocycles. The summed E-state index contributed by atoms with van der Waals surface area (Å²) >= 11 is 37.0. The first-order chi connectivity index (χ1) is 15.6. The predicted molar refractivity (Wildman–Crippen MR) is 134 cm³/mol. The molecule has 1 saturated carbocycles. The molecule has 1 fully saturated rings. The number of rotatable bonds is 6. The first kappa shape index (κ1) is 24.6. The van der Waals surface area contributed by atoms with Crippen LogP contribution in [-0.2, 0) is 11.2 Å². The Labute approximate surface area is 220 Å². The van der Waals surface area contributed by atoms with Gasteiger partial charge in [0.25, 0.3) is 0 Å². The molecule has 2 unspecified atom stereocenters. The lowest BCUT2D eigenvalue weighted by molar-refractivity contribution is -0.117. The highest BCUT2D eigenvalue weighted by Gasteiger charge is 2.67. The zero-order chi connectivity index (χ0) is 23.9. The number of benzene rings is 2. The second kappa shape index (κ2) is 9.61. The topological polar surface area (TPSA) is 59.1 Å². The molecule has 0 saturated heterocycles. The molecule has 2 atom stereocenters. The fraction of sp³-hybridized carbons (Fsp3) is 0.174. The summed E-state index contributed by atoms with van der Waals surface area (Å²) in [5.41, 5.74) is 2.01. The largest absolute Gasteiger partial charge is 0.326 e. The number of halogens is 6. The number of amides is 1. The van der Waals surface area contributed by atoms with Crippen LogP contribution in [0, 0.1) is 5.92 Å². The van der Waals surface area contributed by atoms with Crippen molar-refractivity contribution in [2.45, 2.75) is 16.7 Å². The molecule has 0 bridgehead atoms. The van der Waals surface area contributed by atoms with Crippen molar-refractivity contribution < 1.29 is 9.59 Å². The number of nitrogens with one attached hydrogen (secondary N) is 1. The van der Waals surface area contributed by atoms with Crippen molar-refractivity contribution in [1.29, 1.82) is 0 Å². The van der Waals surface area contributed by atoms with Crippen LogP contribution in [0.2, 0.25) is 20.2 Å². The van der Waals surface area contributed by atoms with Crippen molar-refractivity contribution in [3.8, 4) is 0 Å². The van der Waals surface area contributed by atoms with Gasteiger partial charge in [-0.05, 0) is 53.6 Å². The van der Waals surface area contributed by atoms with Crippen molar-refractivity contribution in [3.05, 3.63) is 91.6 Å². The monoisotopic (exact) mass is 560 g/mol. The Morgan fingerprint density at radius 3 is 2.27 bits per heavy atom. The van der Waals surface area contributed by atoms with Gasteiger partial charge < -0.3 is 5.32 Å². The van der Waals surface area contributed by atoms with E-state index in [1.54, 1.807) is 42.5 Å². The van der Waals surface area contributed by atoms with Gasteiger partial charge in [-0.25, -0.2) is 4.98 Å². The fourth-order valence-corrected chi connectivity index (χ4v) is 5.36. The van der Waals surface area contributed by atoms with Gasteiger partial charge in [0.05, 0.1) is 10.9 Å². The molecular weight excluding hydrogens is 549 g/mol. The molecule has 1 N–H and O–H groups in total. The van der Waals surface area contributed by atoms with Crippen LogP contribution in [0.3, 0.4) is 0 Å². The average molecular weight is 563 g/mol. The molecule has 0 radical (unpaired) electrons. The molecule has 4 nitrogen and oxygen atoms in total. The van der Waals surface area contributed by atoms with E-state index in [9.17, 15) is 9.59 Å². The van der Waals surface area contributed by atoms with E-state index in [0.29, 0.717) is 32.0 Å². The van der Waals surface area contributed by atoms with E-state index in [1.807, 2.05) is 0 Å². The van der Waals surface area contributed by atoms with Gasteiger partial charge in [-0.1, -0.05) is 52.5 Å². The zero-order valence-corrected chi connectivity index (χ0v) is 21.1. The van der Waals surface area contributed by atoms with Gasteiger partial charge in [-0.3, -0.25) is 9.59 Å². The van der Waals surface area contributed by atoms with Crippen molar-refractivity contribution in [2.75, 3.05) is 5.32 Å². The van der Waals surface area contributed by atoms with Gasteiger partial charge >= 0.3 is 0 Å². The molecule has 1 amide bonds. The molecule has 1 aromatic heterocycles. The third-order valence-corrected chi connectivity index (χ3v) is 7.20. The number of aromatic nitrogens is 1. The van der Waals surface area contributed by atoms with Gasteiger partial charge in [-0.2, -0.15) is 0 Å². The van der Waals surface area contributed by atoms with Crippen LogP contribution < -0.4 is 5.32 Å². The summed E-state index contributed by atoms with van der Waals surface area (Å²) in [6.45, 7) is 0. The molecule has 2 aromatic carbocycles. The maximum Gasteiger partial charge on any atom is 0.231 e. The number of pyridine rings is 1. The summed E-state index contributed by atoms with van der Waals surface area (Å²) in [6, 6.07) is 12.9. The van der Waals surface area contributed by atoms with Crippen LogP contribution in [0.4, 0.5) is 5.69 Å². The summed E-state index contributed by atoms with van der Waals surface area (Å²) in [7, 11) is 0. The van der Waals surface area contributed by atoms with Crippen LogP contribution in [0.25, 0.3) is 0 Å². The van der Waals surface area contributed by atoms with Crippen LogP contribution in [0.5, 0.6) is 0 Å². The summed E-state index contributed by atoms with van der Waals surface area (Å²) in [5.74, 6) is -1.85. The van der Waals surface area contributed by atoms with Crippen LogP contribution in [-0.4, -0.2) is 21.0 Å². The number of hydrogen-bond donors (Lipinski definition) is 1. The molecule has 1 aliphatic rings. The van der Waals surface area contributed by atoms with Gasteiger partial charge in [0.1, 0.15) is 9.49 Å². The molecular formula is C23H14Cl6N2O2. The zero-order valence-electron chi connectivity index (χ0n) is 16.6. The summed E-state index contributed by atoms with van der Waals surface area (Å²) in [4.78, 5) is 29.7. The quantitative estimate of drug-likeness (QED) is 0.191. The summed E-state index contributed by atoms with van der Waals surface area (Å²) in [5, 5.41) is 4.21. The number of Topliss-reactive ketones (excluding diaryl/α,β-unsaturated/α-hetero) is 1. The van der Waals surface area contributed by atoms with E-state index in [2.05, 4.69) is 10.3 Å². The standard InChI is InChI=1S/C23H14Cl6N2O2/c24-13-6-12(7-14(25)8-13)20-21(23(20,28)29)22(33)31-15-2-3-17(26)16(9-15)18(32)5-11-1-4-19(27)30-10-11/h1-4,6-10,20-21H,5H2,(H,31,33). The lowest BCUT2D eigenvalue weighted by atomic mass is 10.0. The van der Waals surface area contributed by atoms with E-state index in [-0.39, 0.29) is 22.8 Å². The third kappa shape index (κ3) is 5.43. The van der Waals surface area contributed by atoms with E-state index < -0.39 is 22.1 Å². The Balaban J connectivity index is 1.50. The molecule has 3 aromatic rings. The normalized spacial score (nSPS) is 18.6. The SMILES string of the molecule is O=C(Cc1ccc(Cl)nc1)c1cc(NC(=O)C2C(c3cc(Cl)cc(Cl)c3)C2(Cl)Cl)ccc1Cl. The van der Waals surface area contributed by atoms with E-state index in [4.69, 9.17) is 69.6 Å². The molecule has 33 heavy (non-hydrogen) atoms. The molecule has 0 spiro atoms. The molecule has 10 heteroatoms. The van der Waals surface area contributed by atoms with Gasteiger partial charge in [0, 0.05) is 39.8 Å². The van der Waals surface area contributed by atoms with Gasteiger partial charge in [0.15, 0.2) is 5.78 Å². The predicted octanol–water partition coefficient (Wildman–Crippen LogP) is 7.65. The highest BCUT2D eigenvalue weighted by Crippen LogP contribution is 2.65. The van der Waals surface area contributed by atoms with E-state index in [0.717, 1.165) is 0 Å². The second-order valence-electron chi connectivity index (χ2n) is 7.61. The number of carbonyl (C=O) groups excluding carboxylic acids is 2. The van der Waals surface area contributed by atoms with Crippen molar-refractivity contribution in [2.24, 2.45) is 5.92 Å². The maximum absolute atomic E-state index is 12.9. The van der Waals surface area contributed by atoms with E-state index >= 15 is 0 Å². The Morgan fingerprint density at radius 2 is 1.64 bits per heavy atom. The number of nitrogens with zero attached hydrogens (tertiary/aromatic N) is 1. The number of ketones is 1. The maximum atomic E-state index is 12.9. The Hall–Kier alpha value is -1.53. The number of hydrogen-bond acceptors (Lipinski definition) is 3. The van der Waals surface area contributed by atoms with Crippen LogP contribution in [0.15, 0.2) is 54.7 Å². The lowest BCUT2D eigenvalue weighted by Crippen LogP contribution is -2.17. The number of carbonyl (C=O) groups is 2. The Kier molecular flexibility index (Phi) is 7.16. The molecule has 4 rings (SSSR count). The molecule has 1 heterocycles. The summed E-state index contributed by atoms with van der Waals surface area (Å²) in [6.07, 6.45) is 1.60. The van der Waals surface area contributed by atoms with Crippen molar-refractivity contribution in [3.63, 3.8) is 0 Å². The van der Waals surface area contributed by atoms with Crippen LogP contribution >= 0.6 is 69.6 Å². The smallest absolute Gasteiger partial charge is 0.231 e. The highest BCUT2D eigenvalue weighted by molar-refractivity contribution is 6.53. The average Bonchev–Trinajstić information content (AvgIpc) is 3.32. The number of alkyl halides is 2. The van der Waals surface area contributed by atoms with Crippen molar-refractivity contribution in [1.82, 2.24) is 4.98 Å². The first-order valence-electron chi connectivity index (χ1n) is 9.64. The lowest BCUT2D eigenvalue weighted by Gasteiger charge is -2.09. The second-order valence-corrected chi connectivity index (χ2v) is 10.7. The molecule has 170 valence electrons. The Bertz CT molecular complexity index is 1230. The minimum atomic E-state index is -1.31. The fourth-order valence-electron chi connectivity index (χ4n) is 3.65. The minimum Gasteiger partial charge on any atom is -0.326 e. The summed E-state index contributed by atoms with van der Waals surface area (Å²) < 4.78 is -1.31. The van der Waals surface area contributed by atoms with Crippen molar-refractivity contribution >= 4 is 87.0 Å². The van der Waals surface area contributed by atoms with Gasteiger partial charge in [0.2, 0.25) is 5.91 Å². The molecule has 0 aliphatic heterocycles. The van der Waals surface area contributed by atoms with Crippen LogP contribution in [0.1, 0.15) is 27.4 Å². The highest BCUT2D eigenvalue weighted by atomic mass is 35.5. The van der Waals surface area contributed by atoms with E-state index in [1.165, 1.54) is 12.3 Å². The first-order valence-corrected chi connectivity index (χ1v) is 11.9. The van der Waals surface area contributed by atoms with Gasteiger partial charge in [-0.15, -0.1) is 23.2 Å². The number of anilines is 1.